The summed E-state index contributed by atoms with van der Waals surface area (Å²) in [4.78, 5) is 21.4. The summed E-state index contributed by atoms with van der Waals surface area (Å²) < 4.78 is 51.4. The molecule has 0 radical (unpaired) electrons. The first-order valence-electron chi connectivity index (χ1n) is 16.4. The minimum atomic E-state index is -1.51. The van der Waals surface area contributed by atoms with Crippen LogP contribution in [-0.4, -0.2) is 74.6 Å². The lowest BCUT2D eigenvalue weighted by atomic mass is 10.0. The molecular weight excluding hydrogens is 634 g/mol. The Morgan fingerprint density at radius 1 is 0.918 bits per heavy atom. The van der Waals surface area contributed by atoms with Crippen molar-refractivity contribution in [3.8, 4) is 11.4 Å². The number of hydrogen-bond donors (Lipinski definition) is 0. The third-order valence-electron chi connectivity index (χ3n) is 9.15. The van der Waals surface area contributed by atoms with E-state index in [0.717, 1.165) is 55.7 Å². The molecule has 2 fully saturated rings. The highest BCUT2D eigenvalue weighted by Gasteiger charge is 2.46. The van der Waals surface area contributed by atoms with Gasteiger partial charge in [-0.3, -0.25) is 0 Å². The molecule has 2 aliphatic heterocycles. The van der Waals surface area contributed by atoms with Gasteiger partial charge in [0.1, 0.15) is 55.6 Å². The molecule has 2 aliphatic rings. The maximum Gasteiger partial charge on any atom is 0.350 e. The van der Waals surface area contributed by atoms with Crippen LogP contribution in [0.1, 0.15) is 31.9 Å². The normalized spacial score (nSPS) is 20.1. The summed E-state index contributed by atoms with van der Waals surface area (Å²) in [6.45, 7) is 7.80. The maximum absolute atomic E-state index is 14.9. The lowest BCUT2D eigenvalue weighted by Gasteiger charge is -2.37. The zero-order valence-electron chi connectivity index (χ0n) is 27.4. The van der Waals surface area contributed by atoms with Crippen molar-refractivity contribution in [2.45, 2.75) is 44.7 Å². The van der Waals surface area contributed by atoms with Crippen LogP contribution in [0.2, 0.25) is 0 Å². The van der Waals surface area contributed by atoms with Crippen LogP contribution in [0.4, 0.5) is 20.2 Å². The van der Waals surface area contributed by atoms with E-state index < -0.39 is 23.5 Å². The van der Waals surface area contributed by atoms with E-state index in [1.165, 1.54) is 34.2 Å². The van der Waals surface area contributed by atoms with Crippen LogP contribution < -0.4 is 20.2 Å². The van der Waals surface area contributed by atoms with Crippen molar-refractivity contribution in [1.82, 2.24) is 29.1 Å². The van der Waals surface area contributed by atoms with Gasteiger partial charge in [0.05, 0.1) is 18.3 Å². The van der Waals surface area contributed by atoms with E-state index >= 15 is 0 Å². The number of piperazine rings is 1. The summed E-state index contributed by atoms with van der Waals surface area (Å²) >= 11 is 0. The number of ether oxygens (including phenoxy) is 3. The molecule has 2 aromatic heterocycles. The van der Waals surface area contributed by atoms with Gasteiger partial charge in [0, 0.05) is 49.2 Å². The van der Waals surface area contributed by atoms with E-state index in [0.29, 0.717) is 5.75 Å². The van der Waals surface area contributed by atoms with Crippen LogP contribution in [0.5, 0.6) is 5.75 Å². The van der Waals surface area contributed by atoms with Gasteiger partial charge >= 0.3 is 5.69 Å². The molecule has 0 bridgehead atoms. The van der Waals surface area contributed by atoms with Crippen molar-refractivity contribution >= 4 is 11.4 Å². The van der Waals surface area contributed by atoms with Gasteiger partial charge in [-0.2, -0.15) is 10.2 Å². The molecule has 0 saturated carbocycles. The quantitative estimate of drug-likeness (QED) is 0.200. The third-order valence-corrected chi connectivity index (χ3v) is 9.15. The summed E-state index contributed by atoms with van der Waals surface area (Å²) in [5, 5.41) is 8.39. The summed E-state index contributed by atoms with van der Waals surface area (Å²) in [5.74, 6) is -2.30. The molecule has 0 aliphatic carbocycles. The summed E-state index contributed by atoms with van der Waals surface area (Å²) in [7, 11) is 0. The third kappa shape index (κ3) is 6.78. The van der Waals surface area contributed by atoms with Gasteiger partial charge in [0.25, 0.3) is 0 Å². The first-order valence-corrected chi connectivity index (χ1v) is 16.4. The molecule has 3 aromatic carbocycles. The van der Waals surface area contributed by atoms with E-state index in [4.69, 9.17) is 14.2 Å². The largest absolute Gasteiger partial charge is 0.491 e. The van der Waals surface area contributed by atoms with Gasteiger partial charge in [0.2, 0.25) is 5.79 Å². The highest BCUT2D eigenvalue weighted by atomic mass is 19.1. The van der Waals surface area contributed by atoms with Crippen LogP contribution in [0.15, 0.2) is 90.5 Å². The number of nitrogens with zero attached hydrogens (tertiary/aromatic N) is 8. The first kappa shape index (κ1) is 32.5. The Morgan fingerprint density at radius 2 is 1.59 bits per heavy atom. The fourth-order valence-corrected chi connectivity index (χ4v) is 6.24. The van der Waals surface area contributed by atoms with Gasteiger partial charge in [-0.05, 0) is 74.0 Å². The van der Waals surface area contributed by atoms with Crippen molar-refractivity contribution in [2.75, 3.05) is 49.2 Å². The highest BCUT2D eigenvalue weighted by molar-refractivity contribution is 5.54. The molecule has 49 heavy (non-hydrogen) atoms. The van der Waals surface area contributed by atoms with Gasteiger partial charge < -0.3 is 24.0 Å². The van der Waals surface area contributed by atoms with Crippen molar-refractivity contribution in [1.29, 1.82) is 0 Å². The molecule has 0 N–H and O–H groups in total. The topological polar surface area (TPSA) is 105 Å². The summed E-state index contributed by atoms with van der Waals surface area (Å²) in [5.41, 5.74) is 2.95. The van der Waals surface area contributed by atoms with Crippen molar-refractivity contribution in [3.63, 3.8) is 0 Å². The molecule has 12 nitrogen and oxygen atoms in total. The molecule has 3 atom stereocenters. The standard InChI is InChI=1S/C35H38F2N8O4/c1-3-25(2)45-34(46)44(24-40-45)29-7-5-27(6-8-29)41-14-16-42(17-15-41)28-9-11-30(12-10-28)47-19-31-20-48-35(49-31,21-43-23-38-22-39-43)32-13-4-26(36)18-33(32)37/h4-13,18,22-25,31H,3,14-17,19-21H2,1-2H3/t25?,31?,35-/m0/s1. The van der Waals surface area contributed by atoms with Gasteiger partial charge in [-0.1, -0.05) is 6.92 Å². The van der Waals surface area contributed by atoms with E-state index in [1.54, 1.807) is 10.9 Å². The molecule has 4 heterocycles. The first-order chi connectivity index (χ1) is 23.8. The SMILES string of the molecule is CCC(C)n1ncn(-c2ccc(N3CCN(c4ccc(OCC5CO[C@](Cn6cncn6)(c6ccc(F)cc6F)O5)cc4)CC3)cc2)c1=O. The van der Waals surface area contributed by atoms with E-state index in [-0.39, 0.29) is 37.1 Å². The van der Waals surface area contributed by atoms with Crippen molar-refractivity contribution in [3.05, 3.63) is 113 Å². The van der Waals surface area contributed by atoms with Gasteiger partial charge in [0.15, 0.2) is 0 Å². The smallest absolute Gasteiger partial charge is 0.350 e. The Hall–Kier alpha value is -5.08. The number of hydrogen-bond acceptors (Lipinski definition) is 9. The number of anilines is 2. The molecule has 14 heteroatoms. The van der Waals surface area contributed by atoms with Gasteiger partial charge in [-0.15, -0.1) is 0 Å². The average molecular weight is 673 g/mol. The summed E-state index contributed by atoms with van der Waals surface area (Å²) in [6, 6.07) is 19.3. The second-order valence-electron chi connectivity index (χ2n) is 12.3. The monoisotopic (exact) mass is 672 g/mol. The average Bonchev–Trinajstić information content (AvgIpc) is 3.88. The van der Waals surface area contributed by atoms with Crippen LogP contribution in [0, 0.1) is 11.6 Å². The molecular formula is C35H38F2N8O4. The summed E-state index contributed by atoms with van der Waals surface area (Å²) in [6.07, 6.45) is 4.77. The van der Waals surface area contributed by atoms with Crippen molar-refractivity contribution in [2.24, 2.45) is 0 Å². The molecule has 5 aromatic rings. The number of rotatable bonds is 11. The second-order valence-corrected chi connectivity index (χ2v) is 12.3. The van der Waals surface area contributed by atoms with Crippen LogP contribution in [0.3, 0.4) is 0 Å². The molecule has 0 spiro atoms. The van der Waals surface area contributed by atoms with Crippen LogP contribution in [-0.2, 0) is 21.8 Å². The molecule has 7 rings (SSSR count). The lowest BCUT2D eigenvalue weighted by Crippen LogP contribution is -2.46. The molecule has 2 unspecified atom stereocenters. The minimum Gasteiger partial charge on any atom is -0.491 e. The number of benzene rings is 3. The van der Waals surface area contributed by atoms with E-state index in [9.17, 15) is 13.6 Å². The van der Waals surface area contributed by atoms with E-state index in [2.05, 4.69) is 37.1 Å². The maximum atomic E-state index is 14.9. The predicted octanol–water partition coefficient (Wildman–Crippen LogP) is 4.55. The fraction of sp³-hybridized carbons (Fsp3) is 0.371. The van der Waals surface area contributed by atoms with Crippen LogP contribution >= 0.6 is 0 Å². The lowest BCUT2D eigenvalue weighted by molar-refractivity contribution is -0.192. The second kappa shape index (κ2) is 13.8. The molecule has 0 amide bonds. The zero-order chi connectivity index (χ0) is 34.0. The Bertz CT molecular complexity index is 1910. The molecule has 256 valence electrons. The Balaban J connectivity index is 0.925. The van der Waals surface area contributed by atoms with Crippen LogP contribution in [0.25, 0.3) is 5.69 Å². The predicted molar refractivity (Wildman–Crippen MR) is 178 cm³/mol. The minimum absolute atomic E-state index is 0.0334. The number of aromatic nitrogens is 6. The highest BCUT2D eigenvalue weighted by Crippen LogP contribution is 2.38. The Morgan fingerprint density at radius 3 is 2.22 bits per heavy atom. The van der Waals surface area contributed by atoms with Crippen molar-refractivity contribution < 1.29 is 23.0 Å². The fourth-order valence-electron chi connectivity index (χ4n) is 6.24. The Kier molecular flexibility index (Phi) is 9.15. The van der Waals surface area contributed by atoms with Gasteiger partial charge in [-0.25, -0.2) is 32.5 Å². The van der Waals surface area contributed by atoms with E-state index in [1.807, 2.05) is 50.2 Å². The Labute approximate surface area is 282 Å². The zero-order valence-corrected chi connectivity index (χ0v) is 27.4. The number of halogens is 2. The molecule has 2 saturated heterocycles.